The van der Waals surface area contributed by atoms with Crippen LogP contribution in [-0.4, -0.2) is 20.1 Å². The molecule has 0 saturated heterocycles. The number of hydrogen-bond acceptors (Lipinski definition) is 6. The molecule has 2 saturated carbocycles. The third kappa shape index (κ3) is 11.1. The first-order chi connectivity index (χ1) is 19.1. The van der Waals surface area contributed by atoms with Gasteiger partial charge in [-0.3, -0.25) is 20.2 Å². The Bertz CT molecular complexity index is 1200. The predicted octanol–water partition coefficient (Wildman–Crippen LogP) is 8.06. The zero-order chi connectivity index (χ0) is 29.1. The Morgan fingerprint density at radius 2 is 1.12 bits per heavy atom. The van der Waals surface area contributed by atoms with Crippen molar-refractivity contribution in [1.82, 2.24) is 0 Å². The Balaban J connectivity index is 0.000000190. The van der Waals surface area contributed by atoms with E-state index in [1.165, 1.54) is 62.1 Å². The average Bonchev–Trinajstić information content (AvgIpc) is 3.50. The molecule has 0 heterocycles. The quantitative estimate of drug-likeness (QED) is 0.195. The maximum absolute atomic E-state index is 10.0. The number of allylic oxidation sites excluding steroid dienone is 8. The summed E-state index contributed by atoms with van der Waals surface area (Å²) in [7, 11) is 0. The van der Waals surface area contributed by atoms with Gasteiger partial charge in [-0.05, 0) is 36.8 Å². The summed E-state index contributed by atoms with van der Waals surface area (Å²) < 4.78 is 0. The van der Waals surface area contributed by atoms with Crippen LogP contribution in [0.15, 0.2) is 96.1 Å². The molecule has 2 aromatic carbocycles. The van der Waals surface area contributed by atoms with Gasteiger partial charge in [0.15, 0.2) is 0 Å². The molecule has 6 rings (SSSR count). The fraction of sp³-hybridized carbons (Fsp3) is 0.312. The van der Waals surface area contributed by atoms with Crippen molar-refractivity contribution in [2.45, 2.75) is 39.5 Å². The number of nitro benzene ring substituents is 2. The van der Waals surface area contributed by atoms with Crippen molar-refractivity contribution >= 4 is 11.4 Å². The Morgan fingerprint density at radius 3 is 1.41 bits per heavy atom. The first kappa shape index (κ1) is 33.6. The molecule has 4 aliphatic carbocycles. The van der Waals surface area contributed by atoms with Crippen molar-refractivity contribution in [3.05, 3.63) is 129 Å². The van der Waals surface area contributed by atoms with E-state index in [4.69, 9.17) is 10.2 Å². The fourth-order valence-electron chi connectivity index (χ4n) is 5.14. The van der Waals surface area contributed by atoms with Crippen LogP contribution in [0.25, 0.3) is 0 Å². The van der Waals surface area contributed by atoms with E-state index in [-0.39, 0.29) is 49.1 Å². The number of benzene rings is 2. The van der Waals surface area contributed by atoms with E-state index in [2.05, 4.69) is 63.1 Å². The molecular weight excluding hydrogens is 600 g/mol. The van der Waals surface area contributed by atoms with Gasteiger partial charge in [-0.1, -0.05) is 50.7 Å². The van der Waals surface area contributed by atoms with E-state index in [1.807, 2.05) is 0 Å². The number of rotatable bonds is 2. The molecule has 214 valence electrons. The van der Waals surface area contributed by atoms with Crippen molar-refractivity contribution in [2.24, 2.45) is 23.7 Å². The third-order valence-corrected chi connectivity index (χ3v) is 6.98. The summed E-state index contributed by atoms with van der Waals surface area (Å²) in [5, 5.41) is 37.6. The first-order valence-electron chi connectivity index (χ1n) is 13.4. The maximum Gasteiger partial charge on any atom is 2.00 e. The monoisotopic (exact) mass is 634 g/mol. The molecule has 2 N–H and O–H groups in total. The Kier molecular flexibility index (Phi) is 13.6. The molecule has 0 bridgehead atoms. The smallest absolute Gasteiger partial charge is 0.508 e. The third-order valence-electron chi connectivity index (χ3n) is 6.98. The van der Waals surface area contributed by atoms with E-state index in [1.54, 1.807) is 11.1 Å². The number of nitrogens with zero attached hydrogens (tertiary/aromatic N) is 2. The normalized spacial score (nSPS) is 22.4. The van der Waals surface area contributed by atoms with E-state index >= 15 is 0 Å². The molecule has 2 aromatic rings. The average molecular weight is 636 g/mol. The van der Waals surface area contributed by atoms with Crippen molar-refractivity contribution in [1.29, 1.82) is 0 Å². The number of nitro groups is 2. The number of hydrogen-bond donors (Lipinski definition) is 2. The largest absolute Gasteiger partial charge is 2.00 e. The minimum atomic E-state index is -0.556. The number of aromatic hydroxyl groups is 2. The molecule has 8 nitrogen and oxygen atoms in total. The van der Waals surface area contributed by atoms with Crippen molar-refractivity contribution in [3.8, 4) is 11.5 Å². The van der Waals surface area contributed by atoms with Crippen LogP contribution in [0.1, 0.15) is 39.5 Å². The molecule has 0 aromatic heterocycles. The Morgan fingerprint density at radius 1 is 0.732 bits per heavy atom. The van der Waals surface area contributed by atoms with Crippen LogP contribution in [0.2, 0.25) is 0 Å². The minimum absolute atomic E-state index is 0. The van der Waals surface area contributed by atoms with Crippen LogP contribution >= 0.6 is 0 Å². The van der Waals surface area contributed by atoms with Crippen LogP contribution in [0.5, 0.6) is 11.5 Å². The molecule has 4 unspecified atom stereocenters. The molecule has 2 fully saturated rings. The van der Waals surface area contributed by atoms with Crippen molar-refractivity contribution < 1.29 is 46.3 Å². The van der Waals surface area contributed by atoms with Crippen LogP contribution in [0.4, 0.5) is 11.4 Å². The Labute approximate surface area is 260 Å². The summed E-state index contributed by atoms with van der Waals surface area (Å²) in [4.78, 5) is 19.0. The topological polar surface area (TPSA) is 127 Å². The van der Waals surface area contributed by atoms with Crippen molar-refractivity contribution in [3.63, 3.8) is 0 Å². The van der Waals surface area contributed by atoms with E-state index in [0.29, 0.717) is 0 Å². The first-order valence-corrected chi connectivity index (χ1v) is 13.4. The van der Waals surface area contributed by atoms with Crippen LogP contribution in [0, 0.1) is 56.7 Å². The van der Waals surface area contributed by atoms with Crippen LogP contribution in [0.3, 0.4) is 0 Å². The fourth-order valence-corrected chi connectivity index (χ4v) is 5.14. The summed E-state index contributed by atoms with van der Waals surface area (Å²) in [5.74, 6) is 3.18. The SMILES string of the molecule is CC1[CH-]C2=CC=CCC2C1.CC1[CH-]C2=CC=CCC2C1.O=[N+]([O-])c1cccc(O)c1.O=[N+]([O-])c1cccc(O)c1.[Zr+2]. The summed E-state index contributed by atoms with van der Waals surface area (Å²) in [6.45, 7) is 4.61. The number of fused-ring (bicyclic) bond motifs is 2. The van der Waals surface area contributed by atoms with Crippen LogP contribution in [-0.2, 0) is 26.2 Å². The summed E-state index contributed by atoms with van der Waals surface area (Å²) in [5.41, 5.74) is 2.96. The molecule has 4 aliphatic rings. The predicted molar refractivity (Wildman–Crippen MR) is 156 cm³/mol. The van der Waals surface area contributed by atoms with Crippen molar-refractivity contribution in [2.75, 3.05) is 0 Å². The molecule has 0 aliphatic heterocycles. The molecular formula is C32H36N2O6Zr. The Hall–Kier alpha value is -3.58. The zero-order valence-corrected chi connectivity index (χ0v) is 25.8. The van der Waals surface area contributed by atoms with Crippen LogP contribution < -0.4 is 0 Å². The van der Waals surface area contributed by atoms with E-state index in [9.17, 15) is 20.2 Å². The molecule has 4 atom stereocenters. The van der Waals surface area contributed by atoms with Gasteiger partial charge < -0.3 is 10.2 Å². The van der Waals surface area contributed by atoms with Gasteiger partial charge in [0.2, 0.25) is 0 Å². The maximum atomic E-state index is 10.0. The van der Waals surface area contributed by atoms with Gasteiger partial charge in [-0.15, -0.1) is 24.3 Å². The summed E-state index contributed by atoms with van der Waals surface area (Å²) in [6.07, 6.45) is 23.5. The van der Waals surface area contributed by atoms with E-state index < -0.39 is 9.85 Å². The standard InChI is InChI=1S/2C10H13.2C6H5NO3.Zr/c2*1-8-6-9-4-2-3-5-10(9)7-8;2*8-6-3-1-2-5(4-6)7(9)10;/h2*2-4,6,8,10H,5,7H2,1H3;2*1-4,8H;/q2*-1;;;+2. The van der Waals surface area contributed by atoms with Gasteiger partial charge in [-0.25, -0.2) is 36.1 Å². The summed E-state index contributed by atoms with van der Waals surface area (Å²) >= 11 is 0. The molecule has 9 heteroatoms. The second-order valence-electron chi connectivity index (χ2n) is 10.4. The van der Waals surface area contributed by atoms with Gasteiger partial charge in [0.05, 0.1) is 22.0 Å². The van der Waals surface area contributed by atoms with Gasteiger partial charge in [0.25, 0.3) is 11.4 Å². The molecule has 41 heavy (non-hydrogen) atoms. The molecule has 0 amide bonds. The molecule has 0 spiro atoms. The molecule has 0 radical (unpaired) electrons. The van der Waals surface area contributed by atoms with Gasteiger partial charge in [0, 0.05) is 12.1 Å². The van der Waals surface area contributed by atoms with Gasteiger partial charge in [0.1, 0.15) is 11.5 Å². The van der Waals surface area contributed by atoms with E-state index in [0.717, 1.165) is 35.8 Å². The van der Waals surface area contributed by atoms with Gasteiger partial charge in [-0.2, -0.15) is 0 Å². The number of non-ortho nitro benzene ring substituents is 2. The zero-order valence-electron chi connectivity index (χ0n) is 23.3. The summed E-state index contributed by atoms with van der Waals surface area (Å²) in [6, 6.07) is 10.4. The second kappa shape index (κ2) is 16.6. The number of phenols is 2. The minimum Gasteiger partial charge on any atom is -0.508 e. The van der Waals surface area contributed by atoms with Gasteiger partial charge >= 0.3 is 26.2 Å². The second-order valence-corrected chi connectivity index (χ2v) is 10.4. The number of phenolic OH excluding ortho intramolecular Hbond substituents is 2.